The molecule has 0 spiro atoms. The molecule has 0 aromatic carbocycles. The van der Waals surface area contributed by atoms with Crippen LogP contribution in [0.1, 0.15) is 26.0 Å². The SMILES string of the molecule is C=C/C(=C\C(=C/C)c1ccc2[nH]nc(-c3cc4c(-c5cccs5)nccc4[nH]3)c2n1)CN1CCC(C)C1. The number of nitrogens with one attached hydrogen (secondary N) is 2. The first kappa shape index (κ1) is 23.6. The summed E-state index contributed by atoms with van der Waals surface area (Å²) in [5, 5.41) is 11.0. The summed E-state index contributed by atoms with van der Waals surface area (Å²) >= 11 is 1.69. The highest BCUT2D eigenvalue weighted by atomic mass is 32.1. The number of H-pyrrole nitrogens is 2. The van der Waals surface area contributed by atoms with Crippen molar-refractivity contribution in [3.63, 3.8) is 0 Å². The Hall–Kier alpha value is -3.81. The Morgan fingerprint density at radius 1 is 1.22 bits per heavy atom. The molecule has 1 fully saturated rings. The summed E-state index contributed by atoms with van der Waals surface area (Å²) in [4.78, 5) is 16.9. The lowest BCUT2D eigenvalue weighted by molar-refractivity contribution is 0.358. The summed E-state index contributed by atoms with van der Waals surface area (Å²) in [6.45, 7) is 11.7. The van der Waals surface area contributed by atoms with E-state index in [1.165, 1.54) is 12.0 Å². The summed E-state index contributed by atoms with van der Waals surface area (Å²) in [6.07, 6.45) is 9.41. The van der Waals surface area contributed by atoms with Gasteiger partial charge in [0, 0.05) is 30.2 Å². The largest absolute Gasteiger partial charge is 0.353 e. The molecule has 6 rings (SSSR count). The maximum Gasteiger partial charge on any atom is 0.135 e. The zero-order chi connectivity index (χ0) is 25.4. The quantitative estimate of drug-likeness (QED) is 0.231. The van der Waals surface area contributed by atoms with Crippen molar-refractivity contribution < 1.29 is 0 Å². The van der Waals surface area contributed by atoms with Gasteiger partial charge in [0.2, 0.25) is 0 Å². The van der Waals surface area contributed by atoms with Gasteiger partial charge in [-0.1, -0.05) is 31.7 Å². The minimum atomic E-state index is 0.762. The van der Waals surface area contributed by atoms with Gasteiger partial charge in [-0.25, -0.2) is 4.98 Å². The van der Waals surface area contributed by atoms with Gasteiger partial charge in [0.15, 0.2) is 0 Å². The van der Waals surface area contributed by atoms with Gasteiger partial charge >= 0.3 is 0 Å². The van der Waals surface area contributed by atoms with Crippen molar-refractivity contribution in [2.75, 3.05) is 19.6 Å². The third kappa shape index (κ3) is 4.56. The van der Waals surface area contributed by atoms with E-state index in [4.69, 9.17) is 4.98 Å². The molecule has 5 aromatic rings. The number of fused-ring (bicyclic) bond motifs is 2. The molecule has 0 bridgehead atoms. The summed E-state index contributed by atoms with van der Waals surface area (Å²) in [5.41, 5.74) is 8.70. The van der Waals surface area contributed by atoms with Crippen molar-refractivity contribution in [3.8, 4) is 22.0 Å². The van der Waals surface area contributed by atoms with Gasteiger partial charge in [-0.3, -0.25) is 15.0 Å². The fraction of sp³-hybridized carbons (Fsp3) is 0.233. The summed E-state index contributed by atoms with van der Waals surface area (Å²) < 4.78 is 0. The van der Waals surface area contributed by atoms with Crippen LogP contribution >= 0.6 is 11.3 Å². The van der Waals surface area contributed by atoms with E-state index in [2.05, 4.69) is 93.4 Å². The number of rotatable bonds is 7. The molecule has 1 aliphatic heterocycles. The molecule has 6 heterocycles. The van der Waals surface area contributed by atoms with Crippen LogP contribution in [0.3, 0.4) is 0 Å². The lowest BCUT2D eigenvalue weighted by atomic mass is 10.1. The number of pyridine rings is 2. The monoisotopic (exact) mass is 506 g/mol. The van der Waals surface area contributed by atoms with Crippen molar-refractivity contribution in [1.29, 1.82) is 0 Å². The first-order chi connectivity index (χ1) is 18.1. The zero-order valence-corrected chi connectivity index (χ0v) is 22.0. The van der Waals surface area contributed by atoms with Gasteiger partial charge in [0.25, 0.3) is 0 Å². The molecule has 0 amide bonds. The maximum atomic E-state index is 5.07. The highest BCUT2D eigenvalue weighted by Crippen LogP contribution is 2.34. The van der Waals surface area contributed by atoms with E-state index < -0.39 is 0 Å². The normalized spacial score (nSPS) is 17.3. The third-order valence-electron chi connectivity index (χ3n) is 7.09. The Kier molecular flexibility index (Phi) is 6.32. The van der Waals surface area contributed by atoms with Gasteiger partial charge in [-0.15, -0.1) is 11.3 Å². The smallest absolute Gasteiger partial charge is 0.135 e. The Morgan fingerprint density at radius 2 is 2.14 bits per heavy atom. The maximum absolute atomic E-state index is 5.07. The predicted octanol–water partition coefficient (Wildman–Crippen LogP) is 7.09. The molecule has 0 radical (unpaired) electrons. The Bertz CT molecular complexity index is 1640. The minimum Gasteiger partial charge on any atom is -0.353 e. The topological polar surface area (TPSA) is 73.5 Å². The van der Waals surface area contributed by atoms with Gasteiger partial charge in [0.1, 0.15) is 11.2 Å². The molecule has 2 N–H and O–H groups in total. The fourth-order valence-electron chi connectivity index (χ4n) is 5.14. The predicted molar refractivity (Wildman–Crippen MR) is 154 cm³/mol. The van der Waals surface area contributed by atoms with Crippen molar-refractivity contribution in [3.05, 3.63) is 84.0 Å². The molecule has 0 aliphatic carbocycles. The van der Waals surface area contributed by atoms with E-state index in [0.29, 0.717) is 0 Å². The van der Waals surface area contributed by atoms with Crippen LogP contribution in [0.4, 0.5) is 0 Å². The van der Waals surface area contributed by atoms with E-state index in [1.807, 2.05) is 18.3 Å². The summed E-state index contributed by atoms with van der Waals surface area (Å²) in [5.74, 6) is 0.762. The number of aromatic nitrogens is 5. The standard InChI is InChI=1S/C30H30N6S/c1-4-20(18-36-13-11-19(3)17-36)15-21(5-2)23-8-9-25-29(33-23)30(35-34-25)26-16-22-24(32-26)10-12-31-28(22)27-7-6-14-37-27/h4-10,12,14-16,19,32H,1,11,13,17-18H2,2-3H3,(H,34,35)/b20-15+,21-5+. The average molecular weight is 507 g/mol. The fourth-order valence-corrected chi connectivity index (χ4v) is 5.88. The van der Waals surface area contributed by atoms with Crippen molar-refractivity contribution >= 4 is 38.8 Å². The number of allylic oxidation sites excluding steroid dienone is 3. The van der Waals surface area contributed by atoms with Crippen LogP contribution in [-0.4, -0.2) is 49.7 Å². The van der Waals surface area contributed by atoms with Gasteiger partial charge < -0.3 is 4.98 Å². The summed E-state index contributed by atoms with van der Waals surface area (Å²) in [7, 11) is 0. The molecule has 1 aliphatic rings. The first-order valence-electron chi connectivity index (χ1n) is 12.7. The number of thiophene rings is 1. The van der Waals surface area contributed by atoms with Crippen molar-refractivity contribution in [2.45, 2.75) is 20.3 Å². The first-order valence-corrected chi connectivity index (χ1v) is 13.6. The second-order valence-electron chi connectivity index (χ2n) is 9.74. The molecular formula is C30H30N6S. The minimum absolute atomic E-state index is 0.762. The van der Waals surface area contributed by atoms with Crippen LogP contribution in [-0.2, 0) is 0 Å². The van der Waals surface area contributed by atoms with Crippen LogP contribution in [0.15, 0.2) is 78.4 Å². The lowest BCUT2D eigenvalue weighted by Crippen LogP contribution is -2.22. The number of hydrogen-bond donors (Lipinski definition) is 2. The highest BCUT2D eigenvalue weighted by Gasteiger charge is 2.19. The molecule has 1 unspecified atom stereocenters. The zero-order valence-electron chi connectivity index (χ0n) is 21.2. The molecule has 5 aromatic heterocycles. The third-order valence-corrected chi connectivity index (χ3v) is 7.97. The van der Waals surface area contributed by atoms with Crippen LogP contribution in [0, 0.1) is 5.92 Å². The van der Waals surface area contributed by atoms with Crippen molar-refractivity contribution in [2.24, 2.45) is 5.92 Å². The van der Waals surface area contributed by atoms with Gasteiger partial charge in [0.05, 0.1) is 27.5 Å². The van der Waals surface area contributed by atoms with Crippen LogP contribution in [0.25, 0.3) is 49.5 Å². The molecule has 7 heteroatoms. The average Bonchev–Trinajstić information content (AvgIpc) is 3.72. The molecule has 6 nitrogen and oxygen atoms in total. The van der Waals surface area contributed by atoms with Crippen LogP contribution in [0.2, 0.25) is 0 Å². The molecule has 37 heavy (non-hydrogen) atoms. The van der Waals surface area contributed by atoms with E-state index in [9.17, 15) is 0 Å². The Morgan fingerprint density at radius 3 is 2.89 bits per heavy atom. The highest BCUT2D eigenvalue weighted by molar-refractivity contribution is 7.13. The number of nitrogens with zero attached hydrogens (tertiary/aromatic N) is 4. The molecule has 1 saturated heterocycles. The molecule has 186 valence electrons. The van der Waals surface area contributed by atoms with Gasteiger partial charge in [-0.05, 0) is 78.7 Å². The van der Waals surface area contributed by atoms with E-state index in [0.717, 1.165) is 80.7 Å². The van der Waals surface area contributed by atoms with Crippen LogP contribution < -0.4 is 0 Å². The van der Waals surface area contributed by atoms with E-state index in [1.54, 1.807) is 11.3 Å². The molecular weight excluding hydrogens is 476 g/mol. The lowest BCUT2D eigenvalue weighted by Gasteiger charge is -2.16. The van der Waals surface area contributed by atoms with E-state index in [-0.39, 0.29) is 0 Å². The van der Waals surface area contributed by atoms with Crippen LogP contribution in [0.5, 0.6) is 0 Å². The molecule has 1 atom stereocenters. The van der Waals surface area contributed by atoms with Crippen molar-refractivity contribution in [1.82, 2.24) is 30.0 Å². The second-order valence-corrected chi connectivity index (χ2v) is 10.7. The number of likely N-dealkylation sites (tertiary alicyclic amines) is 1. The van der Waals surface area contributed by atoms with Gasteiger partial charge in [-0.2, -0.15) is 5.10 Å². The Labute approximate surface area is 220 Å². The van der Waals surface area contributed by atoms with E-state index >= 15 is 0 Å². The molecule has 0 saturated carbocycles. The summed E-state index contributed by atoms with van der Waals surface area (Å²) in [6, 6.07) is 12.4. The number of hydrogen-bond acceptors (Lipinski definition) is 5. The number of aromatic amines is 2. The Balaban J connectivity index is 1.36. The second kappa shape index (κ2) is 9.92.